The fourth-order valence-corrected chi connectivity index (χ4v) is 3.39. The number of nitrogens with one attached hydrogen (secondary N) is 1. The SMILES string of the molecule is CCCCNC(=S)N(Cc1ccccc1OC)C1CCCC1. The van der Waals surface area contributed by atoms with Gasteiger partial charge in [0.1, 0.15) is 5.75 Å². The van der Waals surface area contributed by atoms with Gasteiger partial charge in [0.2, 0.25) is 0 Å². The fraction of sp³-hybridized carbons (Fsp3) is 0.611. The number of hydrogen-bond acceptors (Lipinski definition) is 2. The Bertz CT molecular complexity index is 472. The van der Waals surface area contributed by atoms with Crippen LogP contribution in [0.4, 0.5) is 0 Å². The number of hydrogen-bond donors (Lipinski definition) is 1. The van der Waals surface area contributed by atoms with Crippen molar-refractivity contribution in [3.05, 3.63) is 29.8 Å². The number of rotatable bonds is 7. The van der Waals surface area contributed by atoms with Gasteiger partial charge in [-0.15, -0.1) is 0 Å². The van der Waals surface area contributed by atoms with Gasteiger partial charge in [0, 0.05) is 24.7 Å². The minimum Gasteiger partial charge on any atom is -0.496 e. The summed E-state index contributed by atoms with van der Waals surface area (Å²) in [5.74, 6) is 0.946. The molecule has 1 aliphatic rings. The van der Waals surface area contributed by atoms with E-state index < -0.39 is 0 Å². The molecule has 4 heteroatoms. The van der Waals surface area contributed by atoms with E-state index >= 15 is 0 Å². The minimum atomic E-state index is 0.562. The molecule has 0 spiro atoms. The third-order valence-electron chi connectivity index (χ3n) is 4.37. The zero-order valence-corrected chi connectivity index (χ0v) is 14.6. The lowest BCUT2D eigenvalue weighted by Crippen LogP contribution is -2.44. The first-order valence-corrected chi connectivity index (χ1v) is 8.83. The highest BCUT2D eigenvalue weighted by molar-refractivity contribution is 7.80. The molecule has 0 saturated heterocycles. The van der Waals surface area contributed by atoms with Crippen molar-refractivity contribution in [2.45, 2.75) is 58.0 Å². The third-order valence-corrected chi connectivity index (χ3v) is 4.74. The molecule has 0 unspecified atom stereocenters. The highest BCUT2D eigenvalue weighted by Gasteiger charge is 2.25. The first-order chi connectivity index (χ1) is 10.8. The lowest BCUT2D eigenvalue weighted by Gasteiger charge is -2.32. The first kappa shape index (κ1) is 17.1. The molecule has 3 nitrogen and oxygen atoms in total. The average Bonchev–Trinajstić information content (AvgIpc) is 3.07. The van der Waals surface area contributed by atoms with Crippen molar-refractivity contribution in [1.82, 2.24) is 10.2 Å². The Kier molecular flexibility index (Phi) is 6.97. The van der Waals surface area contributed by atoms with Gasteiger partial charge in [-0.1, -0.05) is 44.4 Å². The van der Waals surface area contributed by atoms with Crippen molar-refractivity contribution in [2.75, 3.05) is 13.7 Å². The van der Waals surface area contributed by atoms with Crippen molar-refractivity contribution in [3.63, 3.8) is 0 Å². The number of ether oxygens (including phenoxy) is 1. The van der Waals surface area contributed by atoms with Crippen LogP contribution in [0.3, 0.4) is 0 Å². The second-order valence-electron chi connectivity index (χ2n) is 5.96. The summed E-state index contributed by atoms with van der Waals surface area (Å²) in [5, 5.41) is 4.33. The molecule has 1 aromatic carbocycles. The van der Waals surface area contributed by atoms with Gasteiger partial charge in [-0.25, -0.2) is 0 Å². The van der Waals surface area contributed by atoms with Crippen LogP contribution in [0.2, 0.25) is 0 Å². The number of benzene rings is 1. The van der Waals surface area contributed by atoms with Crippen molar-refractivity contribution in [1.29, 1.82) is 0 Å². The predicted molar refractivity (Wildman–Crippen MR) is 96.3 cm³/mol. The number of thiocarbonyl (C=S) groups is 1. The summed E-state index contributed by atoms with van der Waals surface area (Å²) in [5.41, 5.74) is 1.21. The number of unbranched alkanes of at least 4 members (excludes halogenated alkanes) is 1. The second kappa shape index (κ2) is 8.99. The quantitative estimate of drug-likeness (QED) is 0.603. The van der Waals surface area contributed by atoms with Crippen molar-refractivity contribution < 1.29 is 4.74 Å². The molecule has 1 saturated carbocycles. The van der Waals surface area contributed by atoms with Crippen molar-refractivity contribution in [3.8, 4) is 5.75 Å². The summed E-state index contributed by atoms with van der Waals surface area (Å²) in [7, 11) is 1.73. The van der Waals surface area contributed by atoms with Gasteiger partial charge < -0.3 is 15.0 Å². The van der Waals surface area contributed by atoms with E-state index in [9.17, 15) is 0 Å². The topological polar surface area (TPSA) is 24.5 Å². The summed E-state index contributed by atoms with van der Waals surface area (Å²) in [6.07, 6.45) is 7.45. The van der Waals surface area contributed by atoms with Crippen LogP contribution in [-0.4, -0.2) is 29.7 Å². The Hall–Kier alpha value is -1.29. The minimum absolute atomic E-state index is 0.562. The van der Waals surface area contributed by atoms with Crippen LogP contribution in [0.5, 0.6) is 5.75 Å². The molecule has 2 rings (SSSR count). The molecule has 0 amide bonds. The molecule has 122 valence electrons. The van der Waals surface area contributed by atoms with Crippen LogP contribution in [0.25, 0.3) is 0 Å². The molecule has 0 radical (unpaired) electrons. The molecule has 1 aromatic rings. The molecular weight excluding hydrogens is 292 g/mol. The van der Waals surface area contributed by atoms with Crippen LogP contribution in [0.15, 0.2) is 24.3 Å². The highest BCUT2D eigenvalue weighted by atomic mass is 32.1. The second-order valence-corrected chi connectivity index (χ2v) is 6.35. The Balaban J connectivity index is 2.08. The molecule has 1 fully saturated rings. The number of methoxy groups -OCH3 is 1. The maximum atomic E-state index is 5.68. The highest BCUT2D eigenvalue weighted by Crippen LogP contribution is 2.27. The molecule has 22 heavy (non-hydrogen) atoms. The van der Waals surface area contributed by atoms with Crippen LogP contribution in [0.1, 0.15) is 51.0 Å². The van der Waals surface area contributed by atoms with E-state index in [0.717, 1.165) is 30.4 Å². The number of nitrogens with zero attached hydrogens (tertiary/aromatic N) is 1. The molecular formula is C18H28N2OS. The van der Waals surface area contributed by atoms with Crippen molar-refractivity contribution in [2.24, 2.45) is 0 Å². The Morgan fingerprint density at radius 2 is 2.05 bits per heavy atom. The summed E-state index contributed by atoms with van der Waals surface area (Å²) < 4.78 is 5.50. The van der Waals surface area contributed by atoms with E-state index in [0.29, 0.717) is 6.04 Å². The lowest BCUT2D eigenvalue weighted by atomic mass is 10.1. The Morgan fingerprint density at radius 3 is 2.73 bits per heavy atom. The van der Waals surface area contributed by atoms with Gasteiger partial charge in [-0.05, 0) is 37.5 Å². The monoisotopic (exact) mass is 320 g/mol. The Morgan fingerprint density at radius 1 is 1.32 bits per heavy atom. The van der Waals surface area contributed by atoms with E-state index in [2.05, 4.69) is 29.3 Å². The van der Waals surface area contributed by atoms with Gasteiger partial charge in [0.25, 0.3) is 0 Å². The molecule has 1 aliphatic carbocycles. The summed E-state index contributed by atoms with van der Waals surface area (Å²) in [6.45, 7) is 3.99. The fourth-order valence-electron chi connectivity index (χ4n) is 3.07. The summed E-state index contributed by atoms with van der Waals surface area (Å²) in [4.78, 5) is 2.37. The summed E-state index contributed by atoms with van der Waals surface area (Å²) >= 11 is 5.68. The van der Waals surface area contributed by atoms with Crippen molar-refractivity contribution >= 4 is 17.3 Å². The maximum Gasteiger partial charge on any atom is 0.169 e. The molecule has 0 heterocycles. The van der Waals surface area contributed by atoms with E-state index in [4.69, 9.17) is 17.0 Å². The van der Waals surface area contributed by atoms with Gasteiger partial charge >= 0.3 is 0 Å². The van der Waals surface area contributed by atoms with Crippen LogP contribution >= 0.6 is 12.2 Å². The Labute approximate surface area is 140 Å². The lowest BCUT2D eigenvalue weighted by molar-refractivity contribution is 0.297. The molecule has 0 aromatic heterocycles. The number of para-hydroxylation sites is 1. The van der Waals surface area contributed by atoms with E-state index in [1.54, 1.807) is 7.11 Å². The maximum absolute atomic E-state index is 5.68. The van der Waals surface area contributed by atoms with Gasteiger partial charge in [0.05, 0.1) is 7.11 Å². The normalized spacial score (nSPS) is 14.8. The zero-order chi connectivity index (χ0) is 15.8. The zero-order valence-electron chi connectivity index (χ0n) is 13.8. The van der Waals surface area contributed by atoms with E-state index in [1.165, 1.54) is 37.7 Å². The standard InChI is InChI=1S/C18H28N2OS/c1-3-4-13-19-18(22)20(16-10-6-7-11-16)14-15-9-5-8-12-17(15)21-2/h5,8-9,12,16H,3-4,6-7,10-11,13-14H2,1-2H3,(H,19,22). The van der Waals surface area contributed by atoms with Gasteiger partial charge in [-0.3, -0.25) is 0 Å². The molecule has 0 aliphatic heterocycles. The molecule has 1 N–H and O–H groups in total. The van der Waals surface area contributed by atoms with Gasteiger partial charge in [0.15, 0.2) is 5.11 Å². The summed E-state index contributed by atoms with van der Waals surface area (Å²) in [6, 6.07) is 8.80. The third kappa shape index (κ3) is 4.60. The van der Waals surface area contributed by atoms with E-state index in [-0.39, 0.29) is 0 Å². The van der Waals surface area contributed by atoms with Crippen LogP contribution < -0.4 is 10.1 Å². The molecule has 0 atom stereocenters. The predicted octanol–water partition coefficient (Wildman–Crippen LogP) is 4.11. The molecule has 0 bridgehead atoms. The largest absolute Gasteiger partial charge is 0.496 e. The van der Waals surface area contributed by atoms with Crippen LogP contribution in [0, 0.1) is 0 Å². The van der Waals surface area contributed by atoms with Gasteiger partial charge in [-0.2, -0.15) is 0 Å². The van der Waals surface area contributed by atoms with Crippen LogP contribution in [-0.2, 0) is 6.54 Å². The van der Waals surface area contributed by atoms with E-state index in [1.807, 2.05) is 12.1 Å². The average molecular weight is 321 g/mol. The first-order valence-electron chi connectivity index (χ1n) is 8.42. The smallest absolute Gasteiger partial charge is 0.169 e.